The number of aliphatic hydroxyl groups is 1. The summed E-state index contributed by atoms with van der Waals surface area (Å²) >= 11 is 0. The Labute approximate surface area is 104 Å². The minimum atomic E-state index is -0.337. The van der Waals surface area contributed by atoms with Crippen LogP contribution in [0.1, 0.15) is 67.3 Å². The molecule has 1 atom stereocenters. The Hall–Kier alpha value is -0.760. The Balaban J connectivity index is 2.05. The van der Waals surface area contributed by atoms with Crippen LogP contribution in [0.2, 0.25) is 0 Å². The summed E-state index contributed by atoms with van der Waals surface area (Å²) in [6.07, 6.45) is 7.17. The summed E-state index contributed by atoms with van der Waals surface area (Å²) in [6, 6.07) is 0. The van der Waals surface area contributed by atoms with Gasteiger partial charge >= 0.3 is 0 Å². The van der Waals surface area contributed by atoms with Gasteiger partial charge in [-0.3, -0.25) is 0 Å². The summed E-state index contributed by atoms with van der Waals surface area (Å²) in [6.45, 7) is 5.98. The summed E-state index contributed by atoms with van der Waals surface area (Å²) < 4.78 is 5.60. The van der Waals surface area contributed by atoms with Gasteiger partial charge in [0.15, 0.2) is 0 Å². The van der Waals surface area contributed by atoms with Crippen molar-refractivity contribution in [3.63, 3.8) is 0 Å². The predicted molar refractivity (Wildman–Crippen MR) is 69.1 cm³/mol. The fraction of sp³-hybridized carbons (Fsp3) is 0.733. The topological polar surface area (TPSA) is 33.4 Å². The zero-order valence-corrected chi connectivity index (χ0v) is 11.3. The van der Waals surface area contributed by atoms with E-state index in [1.165, 1.54) is 32.1 Å². The largest absolute Gasteiger partial charge is 0.466 e. The van der Waals surface area contributed by atoms with Gasteiger partial charge in [0.1, 0.15) is 11.5 Å². The molecule has 1 aromatic heterocycles. The van der Waals surface area contributed by atoms with E-state index in [-0.39, 0.29) is 6.10 Å². The molecule has 0 radical (unpaired) electrons. The summed E-state index contributed by atoms with van der Waals surface area (Å²) in [7, 11) is 0. The lowest BCUT2D eigenvalue weighted by Gasteiger charge is -2.24. The van der Waals surface area contributed by atoms with Crippen molar-refractivity contribution < 1.29 is 9.52 Å². The summed E-state index contributed by atoms with van der Waals surface area (Å²) in [5.41, 5.74) is 2.17. The zero-order valence-electron chi connectivity index (χ0n) is 11.3. The molecule has 0 spiro atoms. The second kappa shape index (κ2) is 5.26. The highest BCUT2D eigenvalue weighted by Crippen LogP contribution is 2.35. The molecule has 2 rings (SSSR count). The van der Waals surface area contributed by atoms with E-state index in [2.05, 4.69) is 0 Å². The van der Waals surface area contributed by atoms with Crippen LogP contribution in [0.25, 0.3) is 0 Å². The van der Waals surface area contributed by atoms with Crippen LogP contribution in [0.3, 0.4) is 0 Å². The van der Waals surface area contributed by atoms with Gasteiger partial charge in [0, 0.05) is 5.56 Å². The maximum Gasteiger partial charge on any atom is 0.107 e. The second-order valence-corrected chi connectivity index (χ2v) is 5.51. The lowest BCUT2D eigenvalue weighted by atomic mass is 9.83. The number of rotatable bonds is 3. The molecule has 1 saturated carbocycles. The Morgan fingerprint density at radius 2 is 1.76 bits per heavy atom. The average molecular weight is 236 g/mol. The summed E-state index contributed by atoms with van der Waals surface area (Å²) in [4.78, 5) is 0. The van der Waals surface area contributed by atoms with Crippen LogP contribution in [0.15, 0.2) is 4.42 Å². The van der Waals surface area contributed by atoms with Crippen molar-refractivity contribution >= 4 is 0 Å². The molecule has 1 aromatic rings. The van der Waals surface area contributed by atoms with Gasteiger partial charge in [-0.2, -0.15) is 0 Å². The Morgan fingerprint density at radius 1 is 1.12 bits per heavy atom. The molecule has 2 heteroatoms. The van der Waals surface area contributed by atoms with Crippen molar-refractivity contribution in [1.29, 1.82) is 0 Å². The zero-order chi connectivity index (χ0) is 12.4. The van der Waals surface area contributed by atoms with Crippen LogP contribution in [0.5, 0.6) is 0 Å². The van der Waals surface area contributed by atoms with Crippen LogP contribution < -0.4 is 0 Å². The van der Waals surface area contributed by atoms with Crippen molar-refractivity contribution in [2.75, 3.05) is 0 Å². The Morgan fingerprint density at radius 3 is 2.29 bits per heavy atom. The summed E-state index contributed by atoms with van der Waals surface area (Å²) in [5, 5.41) is 10.4. The van der Waals surface area contributed by atoms with Gasteiger partial charge in [-0.05, 0) is 38.7 Å². The molecular formula is C15H24O2. The van der Waals surface area contributed by atoms with Gasteiger partial charge in [-0.1, -0.05) is 32.1 Å². The molecule has 1 unspecified atom stereocenters. The number of hydrogen-bond acceptors (Lipinski definition) is 2. The third kappa shape index (κ3) is 2.74. The standard InChI is InChI=1S/C15H24O2/c1-10-11(2)17-12(3)15(10)14(16)9-13-7-5-4-6-8-13/h13-14,16H,4-9H2,1-3H3. The lowest BCUT2D eigenvalue weighted by Crippen LogP contribution is -2.11. The fourth-order valence-electron chi connectivity index (χ4n) is 3.16. The molecular weight excluding hydrogens is 212 g/mol. The average Bonchev–Trinajstić information content (AvgIpc) is 2.54. The SMILES string of the molecule is Cc1oc(C)c(C(O)CC2CCCCC2)c1C. The van der Waals surface area contributed by atoms with Crippen LogP contribution >= 0.6 is 0 Å². The quantitative estimate of drug-likeness (QED) is 0.853. The monoisotopic (exact) mass is 236 g/mol. The van der Waals surface area contributed by atoms with Crippen molar-refractivity contribution in [2.24, 2.45) is 5.92 Å². The van der Waals surface area contributed by atoms with E-state index in [4.69, 9.17) is 4.42 Å². The first-order valence-electron chi connectivity index (χ1n) is 6.84. The van der Waals surface area contributed by atoms with Crippen LogP contribution in [0, 0.1) is 26.7 Å². The summed E-state index contributed by atoms with van der Waals surface area (Å²) in [5.74, 6) is 2.54. The highest BCUT2D eigenvalue weighted by atomic mass is 16.3. The predicted octanol–water partition coefficient (Wildman–Crippen LogP) is 4.21. The molecule has 1 fully saturated rings. The fourth-order valence-corrected chi connectivity index (χ4v) is 3.16. The third-order valence-electron chi connectivity index (χ3n) is 4.23. The van der Waals surface area contributed by atoms with Gasteiger partial charge in [0.25, 0.3) is 0 Å². The van der Waals surface area contributed by atoms with Gasteiger partial charge in [-0.25, -0.2) is 0 Å². The number of aliphatic hydroxyl groups excluding tert-OH is 1. The third-order valence-corrected chi connectivity index (χ3v) is 4.23. The van der Waals surface area contributed by atoms with Gasteiger partial charge in [0.2, 0.25) is 0 Å². The lowest BCUT2D eigenvalue weighted by molar-refractivity contribution is 0.129. The normalized spacial score (nSPS) is 19.5. The van der Waals surface area contributed by atoms with Gasteiger partial charge in [-0.15, -0.1) is 0 Å². The van der Waals surface area contributed by atoms with E-state index in [0.29, 0.717) is 5.92 Å². The Kier molecular flexibility index (Phi) is 3.93. The minimum absolute atomic E-state index is 0.337. The van der Waals surface area contributed by atoms with E-state index < -0.39 is 0 Å². The molecule has 96 valence electrons. The molecule has 1 heterocycles. The van der Waals surface area contributed by atoms with Crippen molar-refractivity contribution in [3.05, 3.63) is 22.6 Å². The maximum atomic E-state index is 10.4. The first-order valence-corrected chi connectivity index (χ1v) is 6.84. The van der Waals surface area contributed by atoms with Crippen LogP contribution in [0.4, 0.5) is 0 Å². The highest BCUT2D eigenvalue weighted by Gasteiger charge is 2.23. The van der Waals surface area contributed by atoms with E-state index >= 15 is 0 Å². The smallest absolute Gasteiger partial charge is 0.107 e. The maximum absolute atomic E-state index is 10.4. The molecule has 1 N–H and O–H groups in total. The number of furan rings is 1. The van der Waals surface area contributed by atoms with Gasteiger partial charge < -0.3 is 9.52 Å². The molecule has 0 aliphatic heterocycles. The molecule has 0 bridgehead atoms. The van der Waals surface area contributed by atoms with E-state index in [1.54, 1.807) is 0 Å². The van der Waals surface area contributed by atoms with Crippen LogP contribution in [-0.4, -0.2) is 5.11 Å². The van der Waals surface area contributed by atoms with Crippen LogP contribution in [-0.2, 0) is 0 Å². The highest BCUT2D eigenvalue weighted by molar-refractivity contribution is 5.33. The number of aryl methyl sites for hydroxylation is 2. The van der Waals surface area contributed by atoms with Crippen molar-refractivity contribution in [2.45, 2.75) is 65.4 Å². The van der Waals surface area contributed by atoms with E-state index in [1.807, 2.05) is 20.8 Å². The molecule has 2 nitrogen and oxygen atoms in total. The van der Waals surface area contributed by atoms with Crippen molar-refractivity contribution in [1.82, 2.24) is 0 Å². The van der Waals surface area contributed by atoms with E-state index in [0.717, 1.165) is 29.1 Å². The van der Waals surface area contributed by atoms with Gasteiger partial charge in [0.05, 0.1) is 6.10 Å². The minimum Gasteiger partial charge on any atom is -0.466 e. The first-order chi connectivity index (χ1) is 8.09. The molecule has 0 saturated heterocycles. The molecule has 0 aromatic carbocycles. The second-order valence-electron chi connectivity index (χ2n) is 5.51. The molecule has 0 amide bonds. The first kappa shape index (κ1) is 12.7. The molecule has 17 heavy (non-hydrogen) atoms. The molecule has 1 aliphatic carbocycles. The number of hydrogen-bond donors (Lipinski definition) is 1. The van der Waals surface area contributed by atoms with Crippen molar-refractivity contribution in [3.8, 4) is 0 Å². The van der Waals surface area contributed by atoms with E-state index in [9.17, 15) is 5.11 Å². The molecule has 1 aliphatic rings. The Bertz CT molecular complexity index is 373.